The van der Waals surface area contributed by atoms with Gasteiger partial charge in [0.25, 0.3) is 0 Å². The van der Waals surface area contributed by atoms with Crippen LogP contribution in [0.5, 0.6) is 0 Å². The van der Waals surface area contributed by atoms with Gasteiger partial charge < -0.3 is 10.3 Å². The van der Waals surface area contributed by atoms with Gasteiger partial charge in [-0.2, -0.15) is 4.98 Å². The third kappa shape index (κ3) is 4.50. The molecule has 0 unspecified atom stereocenters. The van der Waals surface area contributed by atoms with Gasteiger partial charge in [-0.3, -0.25) is 4.79 Å². The number of amides is 1. The van der Waals surface area contributed by atoms with Crippen LogP contribution in [0.2, 0.25) is 0 Å². The van der Waals surface area contributed by atoms with Gasteiger partial charge in [0.05, 0.1) is 17.9 Å². The predicted octanol–water partition coefficient (Wildman–Crippen LogP) is 3.95. The summed E-state index contributed by atoms with van der Waals surface area (Å²) in [6, 6.07) is 8.20. The van der Waals surface area contributed by atoms with Gasteiger partial charge in [-0.15, -0.1) is 11.3 Å². The zero-order chi connectivity index (χ0) is 18.7. The number of nitrogens with two attached hydrogens (primary N) is 1. The average Bonchev–Trinajstić information content (AvgIpc) is 3.20. The first-order valence-electron chi connectivity index (χ1n) is 8.22. The van der Waals surface area contributed by atoms with Crippen LogP contribution in [-0.2, 0) is 17.0 Å². The highest BCUT2D eigenvalue weighted by Gasteiger charge is 2.13. The highest BCUT2D eigenvalue weighted by atomic mass is 32.2. The normalized spacial score (nSPS) is 11.2. The molecule has 1 aromatic carbocycles. The lowest BCUT2D eigenvalue weighted by Crippen LogP contribution is -2.13. The maximum absolute atomic E-state index is 11.1. The van der Waals surface area contributed by atoms with Crippen molar-refractivity contribution in [1.29, 1.82) is 0 Å². The summed E-state index contributed by atoms with van der Waals surface area (Å²) < 4.78 is 6.20. The van der Waals surface area contributed by atoms with Gasteiger partial charge in [-0.05, 0) is 18.4 Å². The van der Waals surface area contributed by atoms with E-state index in [9.17, 15) is 4.79 Å². The van der Waals surface area contributed by atoms with Crippen molar-refractivity contribution in [2.45, 2.75) is 43.2 Å². The second kappa shape index (κ2) is 8.01. The molecule has 26 heavy (non-hydrogen) atoms. The van der Waals surface area contributed by atoms with Gasteiger partial charge in [-0.25, -0.2) is 4.98 Å². The fourth-order valence-electron chi connectivity index (χ4n) is 2.36. The molecule has 1 amide bonds. The lowest BCUT2D eigenvalue weighted by atomic mass is 10.0. The number of benzene rings is 1. The van der Waals surface area contributed by atoms with E-state index in [1.165, 1.54) is 28.7 Å². The molecule has 6 nitrogen and oxygen atoms in total. The van der Waals surface area contributed by atoms with E-state index in [2.05, 4.69) is 41.1 Å². The Morgan fingerprint density at radius 3 is 2.65 bits per heavy atom. The van der Waals surface area contributed by atoms with E-state index in [1.807, 2.05) is 19.1 Å². The van der Waals surface area contributed by atoms with Crippen molar-refractivity contribution >= 4 is 29.0 Å². The zero-order valence-corrected chi connectivity index (χ0v) is 16.5. The van der Waals surface area contributed by atoms with E-state index < -0.39 is 0 Å². The Bertz CT molecular complexity index is 900. The summed E-state index contributed by atoms with van der Waals surface area (Å²) in [6.07, 6.45) is 0.223. The molecule has 2 heterocycles. The van der Waals surface area contributed by atoms with Gasteiger partial charge >= 0.3 is 0 Å². The number of nitrogens with zero attached hydrogens (tertiary/aromatic N) is 3. The number of aryl methyl sites for hydroxylation is 1. The van der Waals surface area contributed by atoms with Crippen molar-refractivity contribution < 1.29 is 9.32 Å². The van der Waals surface area contributed by atoms with Crippen LogP contribution in [0.15, 0.2) is 33.1 Å². The first-order valence-corrected chi connectivity index (χ1v) is 10.0. The molecule has 0 aliphatic carbocycles. The highest BCUT2D eigenvalue weighted by molar-refractivity contribution is 8.00. The number of thioether (sulfide) groups is 1. The summed E-state index contributed by atoms with van der Waals surface area (Å²) in [5.74, 6) is 1.80. The number of aromatic nitrogens is 3. The second-order valence-corrected chi connectivity index (χ2v) is 8.51. The number of hydrogen-bond donors (Lipinski definition) is 1. The molecular formula is C18H20N4O2S2. The van der Waals surface area contributed by atoms with E-state index in [1.54, 1.807) is 0 Å². The fourth-order valence-corrected chi connectivity index (χ4v) is 4.44. The molecule has 2 aromatic heterocycles. The molecule has 136 valence electrons. The maximum atomic E-state index is 11.1. The fraction of sp³-hybridized carbons (Fsp3) is 0.333. The first-order chi connectivity index (χ1) is 12.4. The monoisotopic (exact) mass is 388 g/mol. The lowest BCUT2D eigenvalue weighted by molar-refractivity contribution is -0.117. The van der Waals surface area contributed by atoms with Gasteiger partial charge in [0.1, 0.15) is 0 Å². The maximum Gasteiger partial charge on any atom is 0.237 e. The molecule has 3 rings (SSSR count). The summed E-state index contributed by atoms with van der Waals surface area (Å²) in [5, 5.41) is 4.06. The lowest BCUT2D eigenvalue weighted by Gasteiger charge is -2.04. The molecule has 0 bridgehead atoms. The minimum atomic E-state index is -0.349. The molecular weight excluding hydrogens is 368 g/mol. The molecule has 2 N–H and O–H groups in total. The number of primary amides is 1. The molecule has 0 aliphatic rings. The van der Waals surface area contributed by atoms with Crippen LogP contribution in [-0.4, -0.2) is 21.0 Å². The number of hydrogen-bond acceptors (Lipinski definition) is 7. The third-order valence-corrected chi connectivity index (χ3v) is 6.12. The Morgan fingerprint density at radius 1 is 1.27 bits per heavy atom. The van der Waals surface area contributed by atoms with E-state index in [0.717, 1.165) is 20.5 Å². The summed E-state index contributed by atoms with van der Waals surface area (Å²) in [6.45, 7) is 6.20. The molecule has 0 saturated carbocycles. The van der Waals surface area contributed by atoms with Crippen molar-refractivity contribution in [2.24, 2.45) is 5.73 Å². The number of carbonyl (C=O) groups excluding carboxylic acids is 1. The minimum Gasteiger partial charge on any atom is -0.369 e. The summed E-state index contributed by atoms with van der Waals surface area (Å²) in [5.41, 5.74) is 8.30. The Morgan fingerprint density at radius 2 is 2.00 bits per heavy atom. The summed E-state index contributed by atoms with van der Waals surface area (Å²) in [4.78, 5) is 20.9. The Labute approximate surface area is 160 Å². The molecule has 0 spiro atoms. The topological polar surface area (TPSA) is 94.9 Å². The van der Waals surface area contributed by atoms with E-state index in [4.69, 9.17) is 10.3 Å². The highest BCUT2D eigenvalue weighted by Crippen LogP contribution is 2.30. The van der Waals surface area contributed by atoms with Crippen LogP contribution in [0.3, 0.4) is 0 Å². The largest absolute Gasteiger partial charge is 0.369 e. The van der Waals surface area contributed by atoms with Crippen LogP contribution >= 0.6 is 23.1 Å². The van der Waals surface area contributed by atoms with Gasteiger partial charge in [-0.1, -0.05) is 55.0 Å². The molecule has 0 aliphatic heterocycles. The van der Waals surface area contributed by atoms with Crippen molar-refractivity contribution in [2.75, 3.05) is 0 Å². The van der Waals surface area contributed by atoms with Crippen molar-refractivity contribution in [3.05, 3.63) is 46.3 Å². The van der Waals surface area contributed by atoms with Crippen molar-refractivity contribution in [1.82, 2.24) is 15.1 Å². The van der Waals surface area contributed by atoms with Crippen molar-refractivity contribution in [3.63, 3.8) is 0 Å². The minimum absolute atomic E-state index is 0.223. The molecule has 8 heteroatoms. The van der Waals surface area contributed by atoms with Crippen LogP contribution in [0, 0.1) is 6.92 Å². The SMILES string of the molecule is Cc1nc(SCc2nc(-c3ccc(C(C)C)cc3)no2)sc1CC(N)=O. The molecule has 3 aromatic rings. The molecule has 0 radical (unpaired) electrons. The molecule has 0 fully saturated rings. The number of thiazole rings is 1. The average molecular weight is 389 g/mol. The van der Waals surface area contributed by atoms with Gasteiger partial charge in [0.2, 0.25) is 17.6 Å². The van der Waals surface area contributed by atoms with Crippen LogP contribution in [0.4, 0.5) is 0 Å². The second-order valence-electron chi connectivity index (χ2n) is 6.21. The van der Waals surface area contributed by atoms with Crippen molar-refractivity contribution in [3.8, 4) is 11.4 Å². The quantitative estimate of drug-likeness (QED) is 0.616. The Kier molecular flexibility index (Phi) is 5.73. The summed E-state index contributed by atoms with van der Waals surface area (Å²) in [7, 11) is 0. The Balaban J connectivity index is 1.64. The Hall–Kier alpha value is -2.19. The van der Waals surface area contributed by atoms with Crippen LogP contribution in [0.1, 0.15) is 41.8 Å². The zero-order valence-electron chi connectivity index (χ0n) is 14.9. The van der Waals surface area contributed by atoms with Gasteiger partial charge in [0, 0.05) is 10.4 Å². The summed E-state index contributed by atoms with van der Waals surface area (Å²) >= 11 is 2.99. The van der Waals surface area contributed by atoms with Crippen LogP contribution < -0.4 is 5.73 Å². The number of rotatable bonds is 7. The standard InChI is InChI=1S/C18H20N4O2S2/c1-10(2)12-4-6-13(7-5-12)17-21-16(24-22-17)9-25-18-20-11(3)14(26-18)8-15(19)23/h4-7,10H,8-9H2,1-3H3,(H2,19,23). The smallest absolute Gasteiger partial charge is 0.237 e. The van der Waals surface area contributed by atoms with Gasteiger partial charge in [0.15, 0.2) is 4.34 Å². The number of carbonyl (C=O) groups is 1. The van der Waals surface area contributed by atoms with E-state index >= 15 is 0 Å². The third-order valence-electron chi connectivity index (χ3n) is 3.83. The first kappa shape index (κ1) is 18.6. The predicted molar refractivity (Wildman–Crippen MR) is 103 cm³/mol. The van der Waals surface area contributed by atoms with E-state index in [0.29, 0.717) is 23.4 Å². The van der Waals surface area contributed by atoms with E-state index in [-0.39, 0.29) is 12.3 Å². The van der Waals surface area contributed by atoms with Crippen LogP contribution in [0.25, 0.3) is 11.4 Å². The molecule has 0 saturated heterocycles. The molecule has 0 atom stereocenters.